The zero-order chi connectivity index (χ0) is 11.8. The maximum Gasteiger partial charge on any atom is 0.123 e. The van der Waals surface area contributed by atoms with Gasteiger partial charge in [0.2, 0.25) is 0 Å². The van der Waals surface area contributed by atoms with Gasteiger partial charge in [-0.2, -0.15) is 0 Å². The molecule has 90 valence electrons. The minimum Gasteiger partial charge on any atom is -0.350 e. The smallest absolute Gasteiger partial charge is 0.123 e. The highest BCUT2D eigenvalue weighted by atomic mass is 19.1. The van der Waals surface area contributed by atoms with Crippen LogP contribution in [0.5, 0.6) is 0 Å². The Morgan fingerprint density at radius 1 is 1.41 bits per heavy atom. The molecule has 1 N–H and O–H groups in total. The zero-order valence-corrected chi connectivity index (χ0v) is 10.0. The molecule has 0 aliphatic heterocycles. The lowest BCUT2D eigenvalue weighted by Gasteiger charge is -2.01. The van der Waals surface area contributed by atoms with Crippen LogP contribution in [0.2, 0.25) is 0 Å². The molecule has 2 aromatic rings. The van der Waals surface area contributed by atoms with Gasteiger partial charge in [-0.3, -0.25) is 0 Å². The van der Waals surface area contributed by atoms with Crippen LogP contribution in [-0.4, -0.2) is 17.2 Å². The first-order valence-corrected chi connectivity index (χ1v) is 6.21. The van der Waals surface area contributed by atoms with E-state index in [0.717, 1.165) is 29.9 Å². The molecule has 3 heteroatoms. The van der Waals surface area contributed by atoms with E-state index in [1.165, 1.54) is 24.5 Å². The number of nitrogens with zero attached hydrogens (tertiary/aromatic N) is 1. The minimum atomic E-state index is -0.153. The fourth-order valence-electron chi connectivity index (χ4n) is 2.34. The van der Waals surface area contributed by atoms with Crippen molar-refractivity contribution in [1.82, 2.24) is 9.88 Å². The molecule has 3 rings (SSSR count). The summed E-state index contributed by atoms with van der Waals surface area (Å²) in [6, 6.07) is 5.75. The molecule has 1 aromatic heterocycles. The van der Waals surface area contributed by atoms with Gasteiger partial charge in [0.15, 0.2) is 0 Å². The van der Waals surface area contributed by atoms with Gasteiger partial charge in [-0.15, -0.1) is 0 Å². The lowest BCUT2D eigenvalue weighted by Crippen LogP contribution is -2.19. The molecule has 17 heavy (non-hydrogen) atoms. The Labute approximate surface area is 100 Å². The molecule has 0 saturated heterocycles. The lowest BCUT2D eigenvalue weighted by atomic mass is 10.1. The first kappa shape index (κ1) is 10.8. The number of rotatable bonds is 4. The van der Waals surface area contributed by atoms with E-state index in [4.69, 9.17) is 0 Å². The second kappa shape index (κ2) is 4.15. The van der Waals surface area contributed by atoms with E-state index in [-0.39, 0.29) is 5.82 Å². The van der Waals surface area contributed by atoms with E-state index in [1.807, 2.05) is 13.1 Å². The Balaban J connectivity index is 1.83. The van der Waals surface area contributed by atoms with Gasteiger partial charge in [0.1, 0.15) is 5.82 Å². The van der Waals surface area contributed by atoms with Crippen LogP contribution in [0, 0.1) is 5.82 Å². The molecule has 0 radical (unpaired) electrons. The lowest BCUT2D eigenvalue weighted by molar-refractivity contribution is 0.629. The summed E-state index contributed by atoms with van der Waals surface area (Å²) in [6.45, 7) is 0.986. The number of fused-ring (bicyclic) bond motifs is 1. The number of aryl methyl sites for hydroxylation is 1. The van der Waals surface area contributed by atoms with Crippen molar-refractivity contribution in [3.8, 4) is 0 Å². The highest BCUT2D eigenvalue weighted by Crippen LogP contribution is 2.23. The first-order valence-electron chi connectivity index (χ1n) is 6.21. The molecule has 0 unspecified atom stereocenters. The van der Waals surface area contributed by atoms with Crippen LogP contribution in [0.15, 0.2) is 24.4 Å². The monoisotopic (exact) mass is 232 g/mol. The van der Waals surface area contributed by atoms with Crippen molar-refractivity contribution in [3.63, 3.8) is 0 Å². The van der Waals surface area contributed by atoms with Crippen molar-refractivity contribution in [2.24, 2.45) is 7.05 Å². The Morgan fingerprint density at radius 2 is 2.24 bits per heavy atom. The summed E-state index contributed by atoms with van der Waals surface area (Å²) in [6.07, 6.45) is 5.70. The maximum atomic E-state index is 13.3. The van der Waals surface area contributed by atoms with Gasteiger partial charge in [0.25, 0.3) is 0 Å². The third-order valence-corrected chi connectivity index (χ3v) is 3.44. The molecule has 1 aliphatic carbocycles. The Morgan fingerprint density at radius 3 is 3.00 bits per heavy atom. The number of halogens is 1. The molecule has 2 nitrogen and oxygen atoms in total. The predicted molar refractivity (Wildman–Crippen MR) is 67.6 cm³/mol. The molecular weight excluding hydrogens is 215 g/mol. The van der Waals surface area contributed by atoms with Crippen molar-refractivity contribution in [2.45, 2.75) is 25.3 Å². The van der Waals surface area contributed by atoms with Crippen LogP contribution < -0.4 is 5.32 Å². The normalized spacial score (nSPS) is 15.6. The second-order valence-electron chi connectivity index (χ2n) is 4.91. The Kier molecular flexibility index (Phi) is 2.63. The topological polar surface area (TPSA) is 17.0 Å². The molecule has 1 fully saturated rings. The van der Waals surface area contributed by atoms with E-state index < -0.39 is 0 Å². The number of hydrogen-bond donors (Lipinski definition) is 1. The Hall–Kier alpha value is -1.35. The van der Waals surface area contributed by atoms with Crippen LogP contribution in [0.3, 0.4) is 0 Å². The fourth-order valence-corrected chi connectivity index (χ4v) is 2.34. The number of benzene rings is 1. The van der Waals surface area contributed by atoms with E-state index in [2.05, 4.69) is 16.1 Å². The van der Waals surface area contributed by atoms with E-state index in [0.29, 0.717) is 0 Å². The van der Waals surface area contributed by atoms with Crippen LogP contribution in [0.1, 0.15) is 18.4 Å². The SMILES string of the molecule is Cn1cc(CCNC2CC2)c2cc(F)ccc21. The standard InChI is InChI=1S/C14H17FN2/c1-17-9-10(6-7-16-12-3-4-12)13-8-11(15)2-5-14(13)17/h2,5,8-9,12,16H,3-4,6-7H2,1H3. The fraction of sp³-hybridized carbons (Fsp3) is 0.429. The van der Waals surface area contributed by atoms with Gasteiger partial charge in [-0.05, 0) is 49.6 Å². The zero-order valence-electron chi connectivity index (χ0n) is 10.0. The van der Waals surface area contributed by atoms with Gasteiger partial charge >= 0.3 is 0 Å². The molecule has 0 spiro atoms. The van der Waals surface area contributed by atoms with E-state index >= 15 is 0 Å². The first-order chi connectivity index (χ1) is 8.24. The summed E-state index contributed by atoms with van der Waals surface area (Å²) in [5.74, 6) is -0.153. The van der Waals surface area contributed by atoms with Crippen molar-refractivity contribution < 1.29 is 4.39 Å². The molecule has 1 aromatic carbocycles. The molecule has 1 heterocycles. The number of hydrogen-bond acceptors (Lipinski definition) is 1. The van der Waals surface area contributed by atoms with Gasteiger partial charge in [0, 0.05) is 30.2 Å². The molecule has 0 atom stereocenters. The average Bonchev–Trinajstić information content (AvgIpc) is 3.06. The largest absolute Gasteiger partial charge is 0.350 e. The maximum absolute atomic E-state index is 13.3. The number of nitrogens with one attached hydrogen (secondary N) is 1. The summed E-state index contributed by atoms with van der Waals surface area (Å²) in [4.78, 5) is 0. The van der Waals surface area contributed by atoms with E-state index in [1.54, 1.807) is 6.07 Å². The molecule has 1 aliphatic rings. The summed E-state index contributed by atoms with van der Waals surface area (Å²) in [5.41, 5.74) is 2.34. The summed E-state index contributed by atoms with van der Waals surface area (Å²) in [5, 5.41) is 4.54. The van der Waals surface area contributed by atoms with Crippen LogP contribution in [0.25, 0.3) is 10.9 Å². The van der Waals surface area contributed by atoms with Crippen molar-refractivity contribution in [2.75, 3.05) is 6.54 Å². The highest BCUT2D eigenvalue weighted by molar-refractivity contribution is 5.84. The van der Waals surface area contributed by atoms with E-state index in [9.17, 15) is 4.39 Å². The van der Waals surface area contributed by atoms with Gasteiger partial charge in [-0.1, -0.05) is 0 Å². The molecule has 1 saturated carbocycles. The quantitative estimate of drug-likeness (QED) is 0.857. The highest BCUT2D eigenvalue weighted by Gasteiger charge is 2.19. The van der Waals surface area contributed by atoms with Gasteiger partial charge in [-0.25, -0.2) is 4.39 Å². The van der Waals surface area contributed by atoms with Crippen molar-refractivity contribution >= 4 is 10.9 Å². The van der Waals surface area contributed by atoms with Gasteiger partial charge in [0.05, 0.1) is 0 Å². The average molecular weight is 232 g/mol. The molecular formula is C14H17FN2. The Bertz CT molecular complexity index is 540. The minimum absolute atomic E-state index is 0.153. The third-order valence-electron chi connectivity index (χ3n) is 3.44. The molecule has 0 bridgehead atoms. The second-order valence-corrected chi connectivity index (χ2v) is 4.91. The van der Waals surface area contributed by atoms with Crippen LogP contribution >= 0.6 is 0 Å². The third kappa shape index (κ3) is 2.20. The summed E-state index contributed by atoms with van der Waals surface area (Å²) < 4.78 is 15.3. The summed E-state index contributed by atoms with van der Waals surface area (Å²) >= 11 is 0. The van der Waals surface area contributed by atoms with Crippen LogP contribution in [0.4, 0.5) is 4.39 Å². The predicted octanol–water partition coefficient (Wildman–Crippen LogP) is 2.61. The molecule has 0 amide bonds. The van der Waals surface area contributed by atoms with Crippen molar-refractivity contribution in [3.05, 3.63) is 35.8 Å². The van der Waals surface area contributed by atoms with Crippen LogP contribution in [-0.2, 0) is 13.5 Å². The van der Waals surface area contributed by atoms with Gasteiger partial charge < -0.3 is 9.88 Å². The number of aromatic nitrogens is 1. The summed E-state index contributed by atoms with van der Waals surface area (Å²) in [7, 11) is 2.01. The van der Waals surface area contributed by atoms with Crippen molar-refractivity contribution in [1.29, 1.82) is 0 Å².